The van der Waals surface area contributed by atoms with Crippen LogP contribution in [-0.4, -0.2) is 55.5 Å². The van der Waals surface area contributed by atoms with Crippen molar-refractivity contribution in [3.05, 3.63) is 95.1 Å². The second-order valence-corrected chi connectivity index (χ2v) is 12.9. The molecule has 1 amide bonds. The van der Waals surface area contributed by atoms with Gasteiger partial charge in [0.25, 0.3) is 0 Å². The molecule has 3 unspecified atom stereocenters. The fourth-order valence-corrected chi connectivity index (χ4v) is 5.93. The maximum atomic E-state index is 13.0. The van der Waals surface area contributed by atoms with E-state index in [1.54, 1.807) is 4.90 Å². The molecule has 5 rings (SSSR count). The molecule has 7 heteroatoms. The summed E-state index contributed by atoms with van der Waals surface area (Å²) < 4.78 is 24.3. The summed E-state index contributed by atoms with van der Waals surface area (Å²) in [5.41, 5.74) is 5.54. The van der Waals surface area contributed by atoms with E-state index in [1.165, 1.54) is 22.4 Å². The quantitative estimate of drug-likeness (QED) is 0.226. The van der Waals surface area contributed by atoms with Crippen LogP contribution in [0.1, 0.15) is 81.2 Å². The Hall–Kier alpha value is -3.55. The van der Waals surface area contributed by atoms with Crippen LogP contribution in [0, 0.1) is 0 Å². The van der Waals surface area contributed by atoms with Gasteiger partial charge in [-0.1, -0.05) is 54.6 Å². The van der Waals surface area contributed by atoms with Crippen LogP contribution in [-0.2, 0) is 27.2 Å². The summed E-state index contributed by atoms with van der Waals surface area (Å²) in [6, 6.07) is 25.2. The molecule has 1 fully saturated rings. The van der Waals surface area contributed by atoms with Gasteiger partial charge in [0.1, 0.15) is 11.4 Å². The molecular weight excluding hydrogens is 552 g/mol. The van der Waals surface area contributed by atoms with Gasteiger partial charge in [-0.2, -0.15) is 0 Å². The molecule has 3 atom stereocenters. The number of hydrogen-bond acceptors (Lipinski definition) is 6. The fourth-order valence-electron chi connectivity index (χ4n) is 5.93. The van der Waals surface area contributed by atoms with Crippen molar-refractivity contribution in [3.63, 3.8) is 0 Å². The lowest BCUT2D eigenvalue weighted by molar-refractivity contribution is -0.0590. The summed E-state index contributed by atoms with van der Waals surface area (Å²) in [6.07, 6.45) is 3.30. The van der Waals surface area contributed by atoms with Gasteiger partial charge in [0, 0.05) is 31.1 Å². The Balaban J connectivity index is 1.20. The van der Waals surface area contributed by atoms with Crippen molar-refractivity contribution >= 4 is 11.8 Å². The summed E-state index contributed by atoms with van der Waals surface area (Å²) in [6.45, 7) is 11.8. The second kappa shape index (κ2) is 15.0. The van der Waals surface area contributed by atoms with Gasteiger partial charge in [-0.25, -0.2) is 4.79 Å². The van der Waals surface area contributed by atoms with Gasteiger partial charge < -0.3 is 29.2 Å². The number of ether oxygens (including phenoxy) is 4. The van der Waals surface area contributed by atoms with Gasteiger partial charge in [-0.15, -0.1) is 0 Å². The third kappa shape index (κ3) is 8.99. The lowest BCUT2D eigenvalue weighted by atomic mass is 9.86. The monoisotopic (exact) mass is 600 g/mol. The molecule has 2 aliphatic rings. The number of hydrogen-bond donors (Lipinski definition) is 1. The average molecular weight is 601 g/mol. The zero-order valence-electron chi connectivity index (χ0n) is 26.7. The van der Waals surface area contributed by atoms with Gasteiger partial charge in [0.15, 0.2) is 0 Å². The van der Waals surface area contributed by atoms with Gasteiger partial charge in [-0.3, -0.25) is 0 Å². The van der Waals surface area contributed by atoms with Gasteiger partial charge in [0.2, 0.25) is 0 Å². The molecular formula is C37H48N2O5. The van der Waals surface area contributed by atoms with Crippen LogP contribution >= 0.6 is 0 Å². The van der Waals surface area contributed by atoms with Crippen LogP contribution < -0.4 is 10.1 Å². The number of amides is 1. The number of benzene rings is 3. The van der Waals surface area contributed by atoms with Gasteiger partial charge >= 0.3 is 6.09 Å². The summed E-state index contributed by atoms with van der Waals surface area (Å²) in [5.74, 6) is 0.989. The number of fused-ring (bicyclic) bond motifs is 1. The van der Waals surface area contributed by atoms with E-state index in [4.69, 9.17) is 18.9 Å². The fraction of sp³-hybridized carbons (Fsp3) is 0.486. The summed E-state index contributed by atoms with van der Waals surface area (Å²) >= 11 is 0. The summed E-state index contributed by atoms with van der Waals surface area (Å²) in [7, 11) is 0. The number of likely N-dealkylation sites (tertiary alicyclic amines) is 1. The highest BCUT2D eigenvalue weighted by atomic mass is 16.6. The Labute approximate surface area is 262 Å². The molecule has 1 N–H and O–H groups in total. The Bertz CT molecular complexity index is 1340. The van der Waals surface area contributed by atoms with E-state index < -0.39 is 5.60 Å². The molecule has 0 aliphatic carbocycles. The Morgan fingerprint density at radius 2 is 1.82 bits per heavy atom. The molecule has 2 heterocycles. The highest BCUT2D eigenvalue weighted by Gasteiger charge is 2.36. The number of aryl methyl sites for hydroxylation is 1. The third-order valence-corrected chi connectivity index (χ3v) is 8.25. The smallest absolute Gasteiger partial charge is 0.410 e. The molecule has 2 aliphatic heterocycles. The van der Waals surface area contributed by atoms with E-state index in [2.05, 4.69) is 54.7 Å². The van der Waals surface area contributed by atoms with Crippen molar-refractivity contribution in [2.75, 3.05) is 38.2 Å². The van der Waals surface area contributed by atoms with E-state index in [1.807, 2.05) is 51.1 Å². The molecule has 0 aromatic heterocycles. The zero-order valence-corrected chi connectivity index (χ0v) is 26.7. The molecule has 236 valence electrons. The summed E-state index contributed by atoms with van der Waals surface area (Å²) in [4.78, 5) is 14.8. The normalized spacial score (nSPS) is 19.0. The molecule has 0 bridgehead atoms. The first-order valence-corrected chi connectivity index (χ1v) is 16.1. The van der Waals surface area contributed by atoms with Crippen LogP contribution in [0.5, 0.6) is 5.75 Å². The molecule has 7 nitrogen and oxygen atoms in total. The number of anilines is 1. The average Bonchev–Trinajstić information content (AvgIpc) is 3.02. The van der Waals surface area contributed by atoms with Crippen LogP contribution in [0.3, 0.4) is 0 Å². The minimum Gasteiger partial charge on any atom is -0.494 e. The number of nitrogens with one attached hydrogen (secondary N) is 1. The highest BCUT2D eigenvalue weighted by molar-refractivity contribution is 5.68. The maximum Gasteiger partial charge on any atom is 0.410 e. The maximum absolute atomic E-state index is 13.0. The van der Waals surface area contributed by atoms with Gasteiger partial charge in [-0.05, 0) is 87.4 Å². The van der Waals surface area contributed by atoms with Crippen LogP contribution in [0.15, 0.2) is 72.8 Å². The van der Waals surface area contributed by atoms with Crippen LogP contribution in [0.4, 0.5) is 10.5 Å². The van der Waals surface area contributed by atoms with Crippen molar-refractivity contribution in [3.8, 4) is 5.75 Å². The van der Waals surface area contributed by atoms with E-state index in [0.29, 0.717) is 32.9 Å². The predicted octanol–water partition coefficient (Wildman–Crippen LogP) is 7.90. The SMILES string of the molecule is CC(OC1CN(C(=O)OC(C)(C)C)CCC1c1ccc(OCCCOCc2ccccc2)cc1)c1ccc2c(c1)NCCC2. The molecule has 1 saturated heterocycles. The number of carbonyl (C=O) groups excluding carboxylic acids is 1. The minimum absolute atomic E-state index is 0.123. The Kier molecular flexibility index (Phi) is 10.8. The molecule has 0 spiro atoms. The van der Waals surface area contributed by atoms with E-state index >= 15 is 0 Å². The second-order valence-electron chi connectivity index (χ2n) is 12.9. The lowest BCUT2D eigenvalue weighted by Crippen LogP contribution is -2.48. The standard InChI is InChI=1S/C37H48N2O5/c1-27(31-14-13-30-12-8-20-38-34(30)24-31)43-35-25-39(36(40)44-37(2,3)4)21-19-33(35)29-15-17-32(18-16-29)42-23-9-22-41-26-28-10-6-5-7-11-28/h5-7,10-11,13-18,24,27,33,35,38H,8-9,12,19-23,25-26H2,1-4H3. The lowest BCUT2D eigenvalue weighted by Gasteiger charge is -2.40. The van der Waals surface area contributed by atoms with E-state index in [9.17, 15) is 4.79 Å². The minimum atomic E-state index is -0.544. The molecule has 0 saturated carbocycles. The van der Waals surface area contributed by atoms with Crippen LogP contribution in [0.2, 0.25) is 0 Å². The predicted molar refractivity (Wildman–Crippen MR) is 174 cm³/mol. The first-order valence-electron chi connectivity index (χ1n) is 16.1. The number of rotatable bonds is 11. The molecule has 0 radical (unpaired) electrons. The van der Waals surface area contributed by atoms with Crippen molar-refractivity contribution in [1.29, 1.82) is 0 Å². The Morgan fingerprint density at radius 3 is 2.59 bits per heavy atom. The van der Waals surface area contributed by atoms with Crippen molar-refractivity contribution in [2.45, 2.75) is 83.7 Å². The zero-order chi connectivity index (χ0) is 30.9. The largest absolute Gasteiger partial charge is 0.494 e. The highest BCUT2D eigenvalue weighted by Crippen LogP contribution is 2.36. The molecule has 3 aromatic carbocycles. The van der Waals surface area contributed by atoms with E-state index in [-0.39, 0.29) is 24.2 Å². The van der Waals surface area contributed by atoms with Crippen LogP contribution in [0.25, 0.3) is 0 Å². The topological polar surface area (TPSA) is 69.3 Å². The number of piperidine rings is 1. The first-order chi connectivity index (χ1) is 21.2. The number of carbonyl (C=O) groups is 1. The van der Waals surface area contributed by atoms with Gasteiger partial charge in [0.05, 0.1) is 38.6 Å². The first kappa shape index (κ1) is 31.9. The Morgan fingerprint density at radius 1 is 1.02 bits per heavy atom. The van der Waals surface area contributed by atoms with Crippen molar-refractivity contribution < 1.29 is 23.7 Å². The number of nitrogens with zero attached hydrogens (tertiary/aromatic N) is 1. The molecule has 44 heavy (non-hydrogen) atoms. The summed E-state index contributed by atoms with van der Waals surface area (Å²) in [5, 5.41) is 3.53. The van der Waals surface area contributed by atoms with Crippen molar-refractivity contribution in [2.24, 2.45) is 0 Å². The third-order valence-electron chi connectivity index (χ3n) is 8.25. The van der Waals surface area contributed by atoms with E-state index in [0.717, 1.165) is 43.5 Å². The van der Waals surface area contributed by atoms with Crippen molar-refractivity contribution in [1.82, 2.24) is 4.90 Å². The molecule has 3 aromatic rings.